The van der Waals surface area contributed by atoms with Gasteiger partial charge in [-0.1, -0.05) is 17.7 Å². The summed E-state index contributed by atoms with van der Waals surface area (Å²) in [4.78, 5) is 2.34. The summed E-state index contributed by atoms with van der Waals surface area (Å²) in [6, 6.07) is 0. The molecule has 1 heterocycles. The van der Waals surface area contributed by atoms with Crippen molar-refractivity contribution in [3.63, 3.8) is 0 Å². The molecule has 0 aromatic carbocycles. The number of hydrogen-bond donors (Lipinski definition) is 1. The van der Waals surface area contributed by atoms with E-state index in [-0.39, 0.29) is 6.61 Å². The second-order valence-corrected chi connectivity index (χ2v) is 3.71. The van der Waals surface area contributed by atoms with Crippen LogP contribution < -0.4 is 0 Å². The van der Waals surface area contributed by atoms with Crippen LogP contribution in [0.1, 0.15) is 12.8 Å². The molecule has 82 valence electrons. The topological polar surface area (TPSA) is 32.7 Å². The molecule has 3 nitrogen and oxygen atoms in total. The lowest BCUT2D eigenvalue weighted by Crippen LogP contribution is -2.37. The first-order valence-corrected chi connectivity index (χ1v) is 5.50. The van der Waals surface area contributed by atoms with E-state index in [0.717, 1.165) is 32.5 Å². The zero-order valence-electron chi connectivity index (χ0n) is 8.36. The van der Waals surface area contributed by atoms with Gasteiger partial charge in [0.15, 0.2) is 0 Å². The van der Waals surface area contributed by atoms with Gasteiger partial charge in [-0.3, -0.25) is 4.90 Å². The predicted octanol–water partition coefficient (Wildman–Crippen LogP) is 1.21. The fourth-order valence-electron chi connectivity index (χ4n) is 1.67. The molecule has 4 heteroatoms. The summed E-state index contributed by atoms with van der Waals surface area (Å²) in [6.45, 7) is 3.62. The molecule has 0 spiro atoms. The molecule has 0 aromatic heterocycles. The third-order valence-corrected chi connectivity index (χ3v) is 2.61. The summed E-state index contributed by atoms with van der Waals surface area (Å²) in [5, 5.41) is 8.61. The van der Waals surface area contributed by atoms with Crippen molar-refractivity contribution in [2.45, 2.75) is 18.9 Å². The third kappa shape index (κ3) is 4.42. The molecular weight excluding hydrogens is 202 g/mol. The Kier molecular flexibility index (Phi) is 6.19. The van der Waals surface area contributed by atoms with Gasteiger partial charge >= 0.3 is 0 Å². The van der Waals surface area contributed by atoms with Crippen molar-refractivity contribution < 1.29 is 9.84 Å². The molecule has 0 bridgehead atoms. The number of aliphatic hydroxyl groups excluding tert-OH is 1. The normalized spacial score (nSPS) is 20.7. The quantitative estimate of drug-likeness (QED) is 0.755. The summed E-state index contributed by atoms with van der Waals surface area (Å²) >= 11 is 5.46. The number of hydrogen-bond acceptors (Lipinski definition) is 3. The summed E-state index contributed by atoms with van der Waals surface area (Å²) in [6.07, 6.45) is 4.39. The predicted molar refractivity (Wildman–Crippen MR) is 57.5 cm³/mol. The highest BCUT2D eigenvalue weighted by Gasteiger charge is 2.18. The molecule has 0 unspecified atom stereocenters. The average Bonchev–Trinajstić information content (AvgIpc) is 2.25. The molecule has 0 amide bonds. The van der Waals surface area contributed by atoms with E-state index in [9.17, 15) is 0 Å². The van der Waals surface area contributed by atoms with Gasteiger partial charge in [0.1, 0.15) is 0 Å². The molecule has 0 aliphatic carbocycles. The lowest BCUT2D eigenvalue weighted by Gasteiger charge is -2.30. The molecule has 0 aromatic rings. The molecule has 0 saturated carbocycles. The summed E-state index contributed by atoms with van der Waals surface area (Å²) < 4.78 is 5.46. The first-order valence-electron chi connectivity index (χ1n) is 5.07. The zero-order valence-corrected chi connectivity index (χ0v) is 9.12. The number of nitrogens with zero attached hydrogens (tertiary/aromatic N) is 1. The van der Waals surface area contributed by atoms with E-state index < -0.39 is 0 Å². The van der Waals surface area contributed by atoms with Crippen LogP contribution in [-0.4, -0.2) is 49.0 Å². The molecule has 14 heavy (non-hydrogen) atoms. The van der Waals surface area contributed by atoms with Gasteiger partial charge in [-0.2, -0.15) is 0 Å². The van der Waals surface area contributed by atoms with Crippen molar-refractivity contribution in [1.82, 2.24) is 4.90 Å². The average molecular weight is 220 g/mol. The van der Waals surface area contributed by atoms with Crippen LogP contribution in [0.4, 0.5) is 0 Å². The lowest BCUT2D eigenvalue weighted by molar-refractivity contribution is -0.00590. The Morgan fingerprint density at radius 2 is 2.14 bits per heavy atom. The Morgan fingerprint density at radius 3 is 2.71 bits per heavy atom. The van der Waals surface area contributed by atoms with E-state index in [1.54, 1.807) is 5.54 Å². The van der Waals surface area contributed by atoms with E-state index in [1.165, 1.54) is 0 Å². The van der Waals surface area contributed by atoms with E-state index in [2.05, 4.69) is 4.90 Å². The SMILES string of the molecule is OCCOC1CCN(C/C=C/Cl)CC1. The Hall–Kier alpha value is -0.0900. The van der Waals surface area contributed by atoms with Crippen LogP contribution in [0.2, 0.25) is 0 Å². The molecule has 1 aliphatic rings. The number of ether oxygens (including phenoxy) is 1. The van der Waals surface area contributed by atoms with Gasteiger partial charge in [-0.25, -0.2) is 0 Å². The van der Waals surface area contributed by atoms with Crippen molar-refractivity contribution in [3.8, 4) is 0 Å². The van der Waals surface area contributed by atoms with Crippen LogP contribution in [0, 0.1) is 0 Å². The number of piperidine rings is 1. The van der Waals surface area contributed by atoms with Crippen LogP contribution in [0.25, 0.3) is 0 Å². The molecule has 0 radical (unpaired) electrons. The fourth-order valence-corrected chi connectivity index (χ4v) is 1.75. The Labute approximate surface area is 90.3 Å². The highest BCUT2D eigenvalue weighted by Crippen LogP contribution is 2.13. The van der Waals surface area contributed by atoms with Gasteiger partial charge in [0.2, 0.25) is 0 Å². The van der Waals surface area contributed by atoms with E-state index in [0.29, 0.717) is 12.7 Å². The Bertz CT molecular complexity index is 168. The van der Waals surface area contributed by atoms with Gasteiger partial charge in [0, 0.05) is 25.2 Å². The number of rotatable bonds is 5. The van der Waals surface area contributed by atoms with Gasteiger partial charge in [-0.05, 0) is 12.8 Å². The lowest BCUT2D eigenvalue weighted by atomic mass is 10.1. The van der Waals surface area contributed by atoms with Crippen molar-refractivity contribution in [1.29, 1.82) is 0 Å². The highest BCUT2D eigenvalue weighted by atomic mass is 35.5. The minimum Gasteiger partial charge on any atom is -0.394 e. The maximum absolute atomic E-state index is 8.61. The van der Waals surface area contributed by atoms with Crippen LogP contribution >= 0.6 is 11.6 Å². The summed E-state index contributed by atoms with van der Waals surface area (Å²) in [5.74, 6) is 0. The summed E-state index contributed by atoms with van der Waals surface area (Å²) in [7, 11) is 0. The van der Waals surface area contributed by atoms with Crippen molar-refractivity contribution >= 4 is 11.6 Å². The van der Waals surface area contributed by atoms with Crippen LogP contribution in [0.3, 0.4) is 0 Å². The van der Waals surface area contributed by atoms with Crippen molar-refractivity contribution in [2.75, 3.05) is 32.8 Å². The molecule has 0 atom stereocenters. The molecule has 1 aliphatic heterocycles. The van der Waals surface area contributed by atoms with Crippen molar-refractivity contribution in [3.05, 3.63) is 11.6 Å². The fraction of sp³-hybridized carbons (Fsp3) is 0.800. The maximum Gasteiger partial charge on any atom is 0.0701 e. The van der Waals surface area contributed by atoms with Crippen LogP contribution in [0.15, 0.2) is 11.6 Å². The number of aliphatic hydroxyl groups is 1. The molecule has 1 N–H and O–H groups in total. The van der Waals surface area contributed by atoms with Gasteiger partial charge in [-0.15, -0.1) is 0 Å². The van der Waals surface area contributed by atoms with Gasteiger partial charge in [0.05, 0.1) is 19.3 Å². The second kappa shape index (κ2) is 7.23. The monoisotopic (exact) mass is 219 g/mol. The van der Waals surface area contributed by atoms with E-state index in [4.69, 9.17) is 21.4 Å². The smallest absolute Gasteiger partial charge is 0.0701 e. The Morgan fingerprint density at radius 1 is 1.43 bits per heavy atom. The molecule has 1 fully saturated rings. The minimum absolute atomic E-state index is 0.120. The molecular formula is C10H18ClNO2. The van der Waals surface area contributed by atoms with E-state index >= 15 is 0 Å². The standard InChI is InChI=1S/C10H18ClNO2/c11-4-1-5-12-6-2-10(3-7-12)14-9-8-13/h1,4,10,13H,2-3,5-9H2/b4-1+. The van der Waals surface area contributed by atoms with Crippen molar-refractivity contribution in [2.24, 2.45) is 0 Å². The molecule has 1 rings (SSSR count). The first kappa shape index (κ1) is 12.0. The number of halogens is 1. The van der Waals surface area contributed by atoms with Crippen LogP contribution in [-0.2, 0) is 4.74 Å². The number of likely N-dealkylation sites (tertiary alicyclic amines) is 1. The first-order chi connectivity index (χ1) is 6.86. The second-order valence-electron chi connectivity index (χ2n) is 3.46. The Balaban J connectivity index is 2.11. The molecule has 1 saturated heterocycles. The van der Waals surface area contributed by atoms with Gasteiger partial charge in [0.25, 0.3) is 0 Å². The zero-order chi connectivity index (χ0) is 10.2. The van der Waals surface area contributed by atoms with E-state index in [1.807, 2.05) is 6.08 Å². The third-order valence-electron chi connectivity index (χ3n) is 2.43. The minimum atomic E-state index is 0.120. The van der Waals surface area contributed by atoms with Gasteiger partial charge < -0.3 is 9.84 Å². The highest BCUT2D eigenvalue weighted by molar-refractivity contribution is 6.25. The maximum atomic E-state index is 8.61. The van der Waals surface area contributed by atoms with Crippen LogP contribution in [0.5, 0.6) is 0 Å². The largest absolute Gasteiger partial charge is 0.394 e. The summed E-state index contributed by atoms with van der Waals surface area (Å²) in [5.41, 5.74) is 1.56.